The zero-order chi connectivity index (χ0) is 14.4. The van der Waals surface area contributed by atoms with Crippen LogP contribution in [-0.4, -0.2) is 28.6 Å². The smallest absolute Gasteiger partial charge is 0.119 e. The number of aliphatic hydroxyl groups excluding tert-OH is 1. The maximum absolute atomic E-state index is 9.94. The van der Waals surface area contributed by atoms with Gasteiger partial charge in [0.2, 0.25) is 0 Å². The van der Waals surface area contributed by atoms with Crippen molar-refractivity contribution in [3.63, 3.8) is 0 Å². The molecule has 3 nitrogen and oxygen atoms in total. The Kier molecular flexibility index (Phi) is 7.57. The lowest BCUT2D eigenvalue weighted by atomic mass is 10.1. The van der Waals surface area contributed by atoms with Crippen molar-refractivity contribution in [2.75, 3.05) is 12.4 Å². The highest BCUT2D eigenvalue weighted by Gasteiger charge is 2.07. The summed E-state index contributed by atoms with van der Waals surface area (Å²) >= 11 is 1.53. The second-order valence-corrected chi connectivity index (χ2v) is 5.81. The quantitative estimate of drug-likeness (QED) is 0.823. The van der Waals surface area contributed by atoms with Crippen molar-refractivity contribution in [3.05, 3.63) is 53.7 Å². The molecule has 1 N–H and O–H groups in total. The lowest BCUT2D eigenvalue weighted by molar-refractivity contribution is 0.126. The van der Waals surface area contributed by atoms with Crippen LogP contribution in [0.2, 0.25) is 0 Å². The third-order valence-electron chi connectivity index (χ3n) is 2.70. The first-order valence-electron chi connectivity index (χ1n) is 6.56. The lowest BCUT2D eigenvalue weighted by Crippen LogP contribution is -2.20. The SMILES string of the molecule is Cc1cc(C)cc(OCC(O)CSc2ccccn2)c1.Cl. The van der Waals surface area contributed by atoms with Gasteiger partial charge in [0, 0.05) is 11.9 Å². The normalized spacial score (nSPS) is 11.6. The number of hydrogen-bond acceptors (Lipinski definition) is 4. The minimum atomic E-state index is -0.511. The molecule has 2 aromatic rings. The number of pyridine rings is 1. The van der Waals surface area contributed by atoms with Crippen LogP contribution in [0.3, 0.4) is 0 Å². The largest absolute Gasteiger partial charge is 0.491 e. The van der Waals surface area contributed by atoms with E-state index >= 15 is 0 Å². The van der Waals surface area contributed by atoms with Crippen molar-refractivity contribution in [1.29, 1.82) is 0 Å². The van der Waals surface area contributed by atoms with Gasteiger partial charge in [0.25, 0.3) is 0 Å². The number of aliphatic hydroxyl groups is 1. The molecule has 0 bridgehead atoms. The van der Waals surface area contributed by atoms with Gasteiger partial charge < -0.3 is 9.84 Å². The maximum atomic E-state index is 9.94. The summed E-state index contributed by atoms with van der Waals surface area (Å²) in [5.74, 6) is 1.38. The Morgan fingerprint density at radius 2 is 1.90 bits per heavy atom. The van der Waals surface area contributed by atoms with Gasteiger partial charge in [-0.25, -0.2) is 4.98 Å². The van der Waals surface area contributed by atoms with Crippen LogP contribution in [0.5, 0.6) is 5.75 Å². The average Bonchev–Trinajstić information content (AvgIpc) is 2.43. The van der Waals surface area contributed by atoms with Crippen LogP contribution in [0.1, 0.15) is 11.1 Å². The molecule has 0 aliphatic carbocycles. The molecule has 1 heterocycles. The number of thioether (sulfide) groups is 1. The molecule has 114 valence electrons. The molecule has 0 spiro atoms. The van der Waals surface area contributed by atoms with E-state index in [-0.39, 0.29) is 12.4 Å². The summed E-state index contributed by atoms with van der Waals surface area (Å²) in [5, 5.41) is 10.9. The number of ether oxygens (including phenoxy) is 1. The van der Waals surface area contributed by atoms with Crippen LogP contribution in [0.15, 0.2) is 47.6 Å². The van der Waals surface area contributed by atoms with Crippen molar-refractivity contribution in [3.8, 4) is 5.75 Å². The van der Waals surface area contributed by atoms with Crippen LogP contribution >= 0.6 is 24.2 Å². The monoisotopic (exact) mass is 325 g/mol. The standard InChI is InChI=1S/C16H19NO2S.ClH/c1-12-7-13(2)9-15(8-12)19-10-14(18)11-20-16-5-3-4-6-17-16;/h3-9,14,18H,10-11H2,1-2H3;1H. The van der Waals surface area contributed by atoms with Gasteiger partial charge in [-0.3, -0.25) is 0 Å². The van der Waals surface area contributed by atoms with E-state index in [1.54, 1.807) is 6.20 Å². The third-order valence-corrected chi connectivity index (χ3v) is 3.79. The van der Waals surface area contributed by atoms with E-state index in [4.69, 9.17) is 4.74 Å². The molecule has 21 heavy (non-hydrogen) atoms. The average molecular weight is 326 g/mol. The van der Waals surface area contributed by atoms with Gasteiger partial charge >= 0.3 is 0 Å². The van der Waals surface area contributed by atoms with Crippen molar-refractivity contribution in [1.82, 2.24) is 4.98 Å². The second kappa shape index (κ2) is 8.93. The number of benzene rings is 1. The van der Waals surface area contributed by atoms with Crippen LogP contribution in [0, 0.1) is 13.8 Å². The van der Waals surface area contributed by atoms with Crippen LogP contribution in [0.25, 0.3) is 0 Å². The predicted molar refractivity (Wildman–Crippen MR) is 89.6 cm³/mol. The maximum Gasteiger partial charge on any atom is 0.119 e. The Morgan fingerprint density at radius 3 is 2.52 bits per heavy atom. The second-order valence-electron chi connectivity index (χ2n) is 4.77. The molecule has 0 radical (unpaired) electrons. The van der Waals surface area contributed by atoms with Gasteiger partial charge in [0.1, 0.15) is 12.4 Å². The van der Waals surface area contributed by atoms with Crippen LogP contribution in [-0.2, 0) is 0 Å². The molecule has 5 heteroatoms. The van der Waals surface area contributed by atoms with E-state index in [1.807, 2.05) is 44.2 Å². The van der Waals surface area contributed by atoms with Crippen molar-refractivity contribution >= 4 is 24.2 Å². The zero-order valence-corrected chi connectivity index (χ0v) is 13.8. The van der Waals surface area contributed by atoms with E-state index in [1.165, 1.54) is 11.8 Å². The fraction of sp³-hybridized carbons (Fsp3) is 0.312. The van der Waals surface area contributed by atoms with Gasteiger partial charge in [-0.1, -0.05) is 12.1 Å². The molecule has 1 unspecified atom stereocenters. The summed E-state index contributed by atoms with van der Waals surface area (Å²) in [5.41, 5.74) is 2.33. The van der Waals surface area contributed by atoms with Crippen molar-refractivity contribution < 1.29 is 9.84 Å². The van der Waals surface area contributed by atoms with Gasteiger partial charge in [0.15, 0.2) is 0 Å². The van der Waals surface area contributed by atoms with Crippen molar-refractivity contribution in [2.45, 2.75) is 25.0 Å². The summed E-state index contributed by atoms with van der Waals surface area (Å²) in [6.45, 7) is 4.36. The van der Waals surface area contributed by atoms with E-state index in [9.17, 15) is 5.11 Å². The minimum absolute atomic E-state index is 0. The van der Waals surface area contributed by atoms with Gasteiger partial charge in [-0.05, 0) is 49.2 Å². The minimum Gasteiger partial charge on any atom is -0.491 e. The fourth-order valence-corrected chi connectivity index (χ4v) is 2.64. The van der Waals surface area contributed by atoms with Gasteiger partial charge in [-0.2, -0.15) is 0 Å². The number of hydrogen-bond donors (Lipinski definition) is 1. The predicted octanol–water partition coefficient (Wildman–Crippen LogP) is 3.65. The Bertz CT molecular complexity index is 531. The number of nitrogens with zero attached hydrogens (tertiary/aromatic N) is 1. The first kappa shape index (κ1) is 17.8. The Hall–Kier alpha value is -1.23. The third kappa shape index (κ3) is 6.38. The topological polar surface area (TPSA) is 42.4 Å². The highest BCUT2D eigenvalue weighted by Crippen LogP contribution is 2.18. The van der Waals surface area contributed by atoms with E-state index < -0.39 is 6.10 Å². The fourth-order valence-electron chi connectivity index (χ4n) is 1.87. The molecule has 0 aliphatic heterocycles. The highest BCUT2D eigenvalue weighted by atomic mass is 35.5. The molecule has 0 fully saturated rings. The first-order valence-corrected chi connectivity index (χ1v) is 7.55. The van der Waals surface area contributed by atoms with Gasteiger partial charge in [-0.15, -0.1) is 24.2 Å². The molecule has 0 saturated heterocycles. The Balaban J connectivity index is 0.00000220. The number of aryl methyl sites for hydroxylation is 2. The highest BCUT2D eigenvalue weighted by molar-refractivity contribution is 7.99. The Morgan fingerprint density at radius 1 is 1.19 bits per heavy atom. The molecule has 0 aliphatic rings. The molecule has 1 aromatic heterocycles. The van der Waals surface area contributed by atoms with E-state index in [2.05, 4.69) is 11.1 Å². The summed E-state index contributed by atoms with van der Waals surface area (Å²) < 4.78 is 5.63. The summed E-state index contributed by atoms with van der Waals surface area (Å²) in [7, 11) is 0. The molecular weight excluding hydrogens is 306 g/mol. The Labute approximate surface area is 136 Å². The zero-order valence-electron chi connectivity index (χ0n) is 12.2. The van der Waals surface area contributed by atoms with Gasteiger partial charge in [0.05, 0.1) is 11.1 Å². The molecular formula is C16H20ClNO2S. The molecule has 0 saturated carbocycles. The lowest BCUT2D eigenvalue weighted by Gasteiger charge is -2.12. The molecule has 0 amide bonds. The first-order chi connectivity index (χ1) is 9.63. The summed E-state index contributed by atoms with van der Waals surface area (Å²) in [6, 6.07) is 11.8. The van der Waals surface area contributed by atoms with Crippen molar-refractivity contribution in [2.24, 2.45) is 0 Å². The van der Waals surface area contributed by atoms with E-state index in [0.717, 1.165) is 21.9 Å². The molecule has 1 atom stereocenters. The summed E-state index contributed by atoms with van der Waals surface area (Å²) in [4.78, 5) is 4.20. The van der Waals surface area contributed by atoms with Crippen LogP contribution < -0.4 is 4.74 Å². The summed E-state index contributed by atoms with van der Waals surface area (Å²) in [6.07, 6.45) is 1.24. The van der Waals surface area contributed by atoms with E-state index in [0.29, 0.717) is 12.4 Å². The molecule has 1 aromatic carbocycles. The van der Waals surface area contributed by atoms with Crippen LogP contribution in [0.4, 0.5) is 0 Å². The number of aromatic nitrogens is 1. The number of halogens is 1. The number of rotatable bonds is 6. The molecule has 2 rings (SSSR count).